The Morgan fingerprint density at radius 2 is 2.03 bits per heavy atom. The Bertz CT molecular complexity index is 967. The number of fused-ring (bicyclic) bond motifs is 1. The van der Waals surface area contributed by atoms with E-state index in [-0.39, 0.29) is 36.0 Å². The van der Waals surface area contributed by atoms with Crippen LogP contribution in [0.25, 0.3) is 11.0 Å². The number of hydrogen-bond acceptors (Lipinski definition) is 5. The van der Waals surface area contributed by atoms with Crippen molar-refractivity contribution < 1.29 is 33.5 Å². The Kier molecular flexibility index (Phi) is 7.54. The second-order valence-corrected chi connectivity index (χ2v) is 10.1. The molecule has 2 atom stereocenters. The number of imidazole rings is 1. The first kappa shape index (κ1) is 25.3. The normalized spacial score (nSPS) is 24.4. The summed E-state index contributed by atoms with van der Waals surface area (Å²) in [7, 11) is 0. The zero-order valence-corrected chi connectivity index (χ0v) is 19.5. The van der Waals surface area contributed by atoms with E-state index in [9.17, 15) is 9.90 Å². The third-order valence-electron chi connectivity index (χ3n) is 5.98. The summed E-state index contributed by atoms with van der Waals surface area (Å²) in [6, 6.07) is 7.77. The fourth-order valence-corrected chi connectivity index (χ4v) is 4.16. The van der Waals surface area contributed by atoms with E-state index in [2.05, 4.69) is 34.8 Å². The van der Waals surface area contributed by atoms with Gasteiger partial charge >= 0.3 is 25.0 Å². The molecule has 2 aromatic rings. The average Bonchev–Trinajstić information content (AvgIpc) is 3.21. The molecule has 1 amide bonds. The number of nitrogens with one attached hydrogen (secondary N) is 1. The summed E-state index contributed by atoms with van der Waals surface area (Å²) in [4.78, 5) is 16.0. The number of carbonyl (C=O) groups is 1. The Morgan fingerprint density at radius 1 is 1.35 bits per heavy atom. The predicted molar refractivity (Wildman–Crippen MR) is 113 cm³/mol. The summed E-state index contributed by atoms with van der Waals surface area (Å²) in [5.74, 6) is 0.358. The third-order valence-corrected chi connectivity index (χ3v) is 5.98. The first-order valence-corrected chi connectivity index (χ1v) is 10.4. The van der Waals surface area contributed by atoms with Gasteiger partial charge in [0, 0.05) is 6.54 Å². The number of amides is 1. The number of ether oxygens (including phenoxy) is 1. The molecule has 1 aromatic heterocycles. The van der Waals surface area contributed by atoms with Gasteiger partial charge in [-0.1, -0.05) is 34.6 Å². The maximum absolute atomic E-state index is 11.6. The molecule has 2 fully saturated rings. The minimum Gasteiger partial charge on any atom is -0.850 e. The molecule has 8 heteroatoms. The van der Waals surface area contributed by atoms with Crippen molar-refractivity contribution >= 4 is 17.1 Å². The summed E-state index contributed by atoms with van der Waals surface area (Å²) in [6.45, 7) is 10.9. The van der Waals surface area contributed by atoms with Crippen molar-refractivity contribution in [3.05, 3.63) is 30.1 Å². The molecule has 1 spiro atoms. The molecule has 1 aromatic carbocycles. The Labute approximate surface area is 196 Å². The molecule has 31 heavy (non-hydrogen) atoms. The smallest absolute Gasteiger partial charge is 0.850 e. The largest absolute Gasteiger partial charge is 1.00 e. The summed E-state index contributed by atoms with van der Waals surface area (Å²) in [5.41, 5.74) is 1.56. The number of nitriles is 1. The van der Waals surface area contributed by atoms with Crippen LogP contribution in [-0.4, -0.2) is 33.4 Å². The van der Waals surface area contributed by atoms with Crippen LogP contribution in [0.5, 0.6) is 0 Å². The Hall–Kier alpha value is -1.99. The van der Waals surface area contributed by atoms with Crippen LogP contribution < -0.4 is 29.3 Å². The molecule has 0 bridgehead atoms. The molecule has 2 aliphatic rings. The van der Waals surface area contributed by atoms with Gasteiger partial charge in [0.05, 0.1) is 35.5 Å². The van der Waals surface area contributed by atoms with Crippen molar-refractivity contribution in [1.29, 1.82) is 5.26 Å². The monoisotopic (exact) mass is 418 g/mol. The van der Waals surface area contributed by atoms with Crippen LogP contribution >= 0.6 is 0 Å². The quantitative estimate of drug-likeness (QED) is 0.710. The van der Waals surface area contributed by atoms with Crippen molar-refractivity contribution in [1.82, 2.24) is 14.9 Å². The number of nitrogens with zero attached hydrogens (tertiary/aromatic N) is 3. The van der Waals surface area contributed by atoms with Crippen molar-refractivity contribution in [3.8, 4) is 6.07 Å². The van der Waals surface area contributed by atoms with Gasteiger partial charge < -0.3 is 19.7 Å². The topological polar surface area (TPSA) is 103 Å². The fraction of sp³-hybridized carbons (Fsp3) is 0.609. The second kappa shape index (κ2) is 9.24. The summed E-state index contributed by atoms with van der Waals surface area (Å²) >= 11 is 0. The van der Waals surface area contributed by atoms with Gasteiger partial charge in [-0.3, -0.25) is 0 Å². The number of aromatic nitrogens is 2. The molecule has 1 aliphatic heterocycles. The first-order valence-electron chi connectivity index (χ1n) is 10.4. The number of carbonyl (C=O) groups excluding carboxylic acids is 1. The Morgan fingerprint density at radius 3 is 2.61 bits per heavy atom. The van der Waals surface area contributed by atoms with Gasteiger partial charge in [0.2, 0.25) is 0 Å². The summed E-state index contributed by atoms with van der Waals surface area (Å²) < 4.78 is 7.77. The Balaban J connectivity index is 0.000000514. The minimum absolute atomic E-state index is 0. The second-order valence-electron chi connectivity index (χ2n) is 10.1. The van der Waals surface area contributed by atoms with E-state index in [1.54, 1.807) is 26.8 Å². The molecule has 1 aliphatic carbocycles. The summed E-state index contributed by atoms with van der Waals surface area (Å²) in [6.07, 6.45) is 4.31. The van der Waals surface area contributed by atoms with Crippen LogP contribution in [0, 0.1) is 22.7 Å². The zero-order chi connectivity index (χ0) is 22.2. The molecule has 1 N–H and O–H groups in total. The van der Waals surface area contributed by atoms with Gasteiger partial charge in [0.25, 0.3) is 0 Å². The predicted octanol–water partition coefficient (Wildman–Crippen LogP) is 0.362. The van der Waals surface area contributed by atoms with Gasteiger partial charge in [-0.15, -0.1) is 5.60 Å². The standard InChI is InChI=1S/C19H22N4O2.C4H9O.Li/c1-18(2)5-6-19(11-21-17(24)25-19)8-14(18)10-23-12-22-15-4-3-13(9-20)7-16(15)23;1-4(2,3)5;/h3-4,7,12,14H,5-6,8,10-11H2,1-2H3,(H,21,24);1-3H3;/q;-1;+1/t14-,19-;;/m0../s1. The van der Waals surface area contributed by atoms with Gasteiger partial charge in [0.1, 0.15) is 5.60 Å². The molecule has 7 nitrogen and oxygen atoms in total. The van der Waals surface area contributed by atoms with E-state index in [4.69, 9.17) is 10.00 Å². The van der Waals surface area contributed by atoms with Gasteiger partial charge in [-0.2, -0.15) is 5.26 Å². The van der Waals surface area contributed by atoms with Gasteiger partial charge in [-0.05, 0) is 48.8 Å². The fourth-order valence-electron chi connectivity index (χ4n) is 4.16. The van der Waals surface area contributed by atoms with E-state index in [1.807, 2.05) is 18.5 Å². The van der Waals surface area contributed by atoms with Crippen LogP contribution in [0.15, 0.2) is 24.5 Å². The zero-order valence-electron chi connectivity index (χ0n) is 19.5. The van der Waals surface area contributed by atoms with Crippen LogP contribution in [0.3, 0.4) is 0 Å². The van der Waals surface area contributed by atoms with Crippen LogP contribution in [0.4, 0.5) is 4.79 Å². The molecule has 162 valence electrons. The average molecular weight is 418 g/mol. The minimum atomic E-state index is -0.750. The van der Waals surface area contributed by atoms with Crippen LogP contribution in [-0.2, 0) is 11.3 Å². The van der Waals surface area contributed by atoms with Crippen LogP contribution in [0.1, 0.15) is 59.4 Å². The molecule has 0 radical (unpaired) electrons. The SMILES string of the molecule is CC(C)(C)[O-].CC1(C)CC[C@@]2(CNC(=O)O2)C[C@H]1Cn1cnc2ccc(C#N)cc21.[Li+]. The molecule has 4 rings (SSSR count). The van der Waals surface area contributed by atoms with Crippen LogP contribution in [0.2, 0.25) is 0 Å². The van der Waals surface area contributed by atoms with Crippen molar-refractivity contribution in [2.24, 2.45) is 11.3 Å². The molecular formula is C23H31LiN4O3. The van der Waals surface area contributed by atoms with E-state index in [0.29, 0.717) is 18.0 Å². The van der Waals surface area contributed by atoms with E-state index < -0.39 is 5.60 Å². The van der Waals surface area contributed by atoms with Crippen molar-refractivity contribution in [2.75, 3.05) is 6.54 Å². The molecule has 0 unspecified atom stereocenters. The number of rotatable bonds is 2. The van der Waals surface area contributed by atoms with E-state index in [1.165, 1.54) is 0 Å². The molecule has 1 saturated carbocycles. The maximum Gasteiger partial charge on any atom is 1.00 e. The van der Waals surface area contributed by atoms with E-state index >= 15 is 0 Å². The van der Waals surface area contributed by atoms with Gasteiger partial charge in [0.15, 0.2) is 0 Å². The van der Waals surface area contributed by atoms with Crippen molar-refractivity contribution in [2.45, 2.75) is 71.6 Å². The number of alkyl carbamates (subject to hydrolysis) is 1. The maximum atomic E-state index is 11.6. The van der Waals surface area contributed by atoms with Crippen molar-refractivity contribution in [3.63, 3.8) is 0 Å². The molecule has 1 saturated heterocycles. The molecule has 2 heterocycles. The van der Waals surface area contributed by atoms with E-state index in [0.717, 1.165) is 36.8 Å². The number of hydrogen-bond donors (Lipinski definition) is 1. The summed E-state index contributed by atoms with van der Waals surface area (Å²) in [5, 5.41) is 22.1. The first-order chi connectivity index (χ1) is 13.9. The van der Waals surface area contributed by atoms with Gasteiger partial charge in [-0.25, -0.2) is 9.78 Å². The molecular weight excluding hydrogens is 387 g/mol. The number of benzene rings is 1. The third kappa shape index (κ3) is 6.26.